The summed E-state index contributed by atoms with van der Waals surface area (Å²) in [6.07, 6.45) is 1.89. The molecule has 2 rings (SSSR count). The first kappa shape index (κ1) is 11.6. The van der Waals surface area contributed by atoms with Gasteiger partial charge in [0.2, 0.25) is 5.91 Å². The molecule has 1 amide bonds. The molecule has 0 fully saturated rings. The number of halogens is 1. The van der Waals surface area contributed by atoms with E-state index in [1.807, 2.05) is 0 Å². The molecule has 0 bridgehead atoms. The maximum atomic E-state index is 13.4. The summed E-state index contributed by atoms with van der Waals surface area (Å²) in [5.41, 5.74) is 6.52. The number of amides is 1. The van der Waals surface area contributed by atoms with Crippen LogP contribution in [0.4, 0.5) is 4.39 Å². The molecule has 1 aromatic carbocycles. The van der Waals surface area contributed by atoms with E-state index in [0.29, 0.717) is 18.6 Å². The summed E-state index contributed by atoms with van der Waals surface area (Å²) in [5.74, 6) is -0.420. The van der Waals surface area contributed by atoms with Crippen molar-refractivity contribution in [2.75, 3.05) is 13.1 Å². The van der Waals surface area contributed by atoms with E-state index in [1.165, 1.54) is 6.07 Å². The van der Waals surface area contributed by atoms with Gasteiger partial charge in [-0.05, 0) is 11.6 Å². The van der Waals surface area contributed by atoms with Gasteiger partial charge < -0.3 is 16.0 Å². The van der Waals surface area contributed by atoms with Gasteiger partial charge >= 0.3 is 0 Å². The molecule has 0 aliphatic heterocycles. The summed E-state index contributed by atoms with van der Waals surface area (Å²) in [7, 11) is 0. The quantitative estimate of drug-likeness (QED) is 0.737. The molecule has 90 valence electrons. The molecule has 17 heavy (non-hydrogen) atoms. The summed E-state index contributed by atoms with van der Waals surface area (Å²) >= 11 is 0. The number of nitrogens with one attached hydrogen (secondary N) is 2. The molecule has 0 unspecified atom stereocenters. The highest BCUT2D eigenvalue weighted by Crippen LogP contribution is 2.20. The summed E-state index contributed by atoms with van der Waals surface area (Å²) in [6.45, 7) is 0.865. The number of rotatable bonds is 4. The van der Waals surface area contributed by atoms with E-state index in [1.54, 1.807) is 18.3 Å². The molecule has 0 radical (unpaired) electrons. The lowest BCUT2D eigenvalue weighted by Gasteiger charge is -2.02. The number of aromatic amines is 1. The minimum atomic E-state index is -0.309. The average Bonchev–Trinajstić information content (AvgIpc) is 2.71. The van der Waals surface area contributed by atoms with E-state index in [4.69, 9.17) is 5.73 Å². The van der Waals surface area contributed by atoms with E-state index in [9.17, 15) is 9.18 Å². The van der Waals surface area contributed by atoms with Crippen LogP contribution in [0.15, 0.2) is 24.4 Å². The highest BCUT2D eigenvalue weighted by molar-refractivity contribution is 5.89. The van der Waals surface area contributed by atoms with E-state index >= 15 is 0 Å². The summed E-state index contributed by atoms with van der Waals surface area (Å²) < 4.78 is 13.4. The number of hydrogen-bond donors (Lipinski definition) is 3. The van der Waals surface area contributed by atoms with E-state index < -0.39 is 0 Å². The smallest absolute Gasteiger partial charge is 0.224 e. The number of para-hydroxylation sites is 1. The van der Waals surface area contributed by atoms with Crippen LogP contribution in [-0.2, 0) is 11.2 Å². The largest absolute Gasteiger partial charge is 0.359 e. The van der Waals surface area contributed by atoms with Gasteiger partial charge in [0, 0.05) is 24.7 Å². The highest BCUT2D eigenvalue weighted by atomic mass is 19.1. The number of nitrogens with two attached hydrogens (primary N) is 1. The van der Waals surface area contributed by atoms with Gasteiger partial charge in [0.1, 0.15) is 5.82 Å². The Kier molecular flexibility index (Phi) is 3.39. The maximum absolute atomic E-state index is 13.4. The van der Waals surface area contributed by atoms with Gasteiger partial charge in [-0.15, -0.1) is 0 Å². The number of benzene rings is 1. The Morgan fingerprint density at radius 1 is 1.47 bits per heavy atom. The number of aromatic nitrogens is 1. The molecule has 1 aromatic heterocycles. The molecule has 0 spiro atoms. The van der Waals surface area contributed by atoms with Gasteiger partial charge in [-0.25, -0.2) is 4.39 Å². The monoisotopic (exact) mass is 235 g/mol. The van der Waals surface area contributed by atoms with Gasteiger partial charge in [0.05, 0.1) is 11.9 Å². The lowest BCUT2D eigenvalue weighted by Crippen LogP contribution is -2.30. The van der Waals surface area contributed by atoms with Gasteiger partial charge in [-0.2, -0.15) is 0 Å². The van der Waals surface area contributed by atoms with Crippen LogP contribution in [0.3, 0.4) is 0 Å². The summed E-state index contributed by atoms with van der Waals surface area (Å²) in [6, 6.07) is 4.81. The normalized spacial score (nSPS) is 10.7. The first-order valence-corrected chi connectivity index (χ1v) is 5.43. The third-order valence-electron chi connectivity index (χ3n) is 2.57. The maximum Gasteiger partial charge on any atom is 0.224 e. The molecule has 0 atom stereocenters. The summed E-state index contributed by atoms with van der Waals surface area (Å²) in [5, 5.41) is 3.42. The van der Waals surface area contributed by atoms with Crippen molar-refractivity contribution in [1.82, 2.24) is 10.3 Å². The molecule has 0 saturated heterocycles. The van der Waals surface area contributed by atoms with Crippen molar-refractivity contribution < 1.29 is 9.18 Å². The zero-order valence-corrected chi connectivity index (χ0v) is 9.29. The highest BCUT2D eigenvalue weighted by Gasteiger charge is 2.10. The van der Waals surface area contributed by atoms with Crippen LogP contribution in [-0.4, -0.2) is 24.0 Å². The number of hydrogen-bond acceptors (Lipinski definition) is 2. The van der Waals surface area contributed by atoms with Crippen molar-refractivity contribution in [3.8, 4) is 0 Å². The van der Waals surface area contributed by atoms with E-state index in [2.05, 4.69) is 10.3 Å². The SMILES string of the molecule is NCCNC(=O)Cc1c[nH]c2c(F)cccc12. The topological polar surface area (TPSA) is 70.9 Å². The van der Waals surface area contributed by atoms with Crippen molar-refractivity contribution in [1.29, 1.82) is 0 Å². The zero-order chi connectivity index (χ0) is 12.3. The fourth-order valence-corrected chi connectivity index (χ4v) is 1.77. The van der Waals surface area contributed by atoms with E-state index in [-0.39, 0.29) is 18.1 Å². The number of H-pyrrole nitrogens is 1. The fraction of sp³-hybridized carbons (Fsp3) is 0.250. The molecule has 1 heterocycles. The van der Waals surface area contributed by atoms with Gasteiger partial charge in [0.15, 0.2) is 0 Å². The molecule has 0 saturated carbocycles. The van der Waals surface area contributed by atoms with Crippen LogP contribution in [0.25, 0.3) is 10.9 Å². The van der Waals surface area contributed by atoms with Crippen molar-refractivity contribution >= 4 is 16.8 Å². The Hall–Kier alpha value is -1.88. The molecule has 4 N–H and O–H groups in total. The van der Waals surface area contributed by atoms with Crippen LogP contribution in [0, 0.1) is 5.82 Å². The van der Waals surface area contributed by atoms with Gasteiger partial charge in [-0.3, -0.25) is 4.79 Å². The Morgan fingerprint density at radius 2 is 2.29 bits per heavy atom. The second-order valence-corrected chi connectivity index (χ2v) is 3.79. The average molecular weight is 235 g/mol. The molecule has 4 nitrogen and oxygen atoms in total. The van der Waals surface area contributed by atoms with Crippen molar-refractivity contribution in [2.24, 2.45) is 5.73 Å². The first-order chi connectivity index (χ1) is 8.22. The number of carbonyl (C=O) groups is 1. The number of carbonyl (C=O) groups excluding carboxylic acids is 1. The molecule has 2 aromatic rings. The van der Waals surface area contributed by atoms with Crippen molar-refractivity contribution in [3.63, 3.8) is 0 Å². The lowest BCUT2D eigenvalue weighted by molar-refractivity contribution is -0.120. The second kappa shape index (κ2) is 4.97. The molecule has 5 heteroatoms. The van der Waals surface area contributed by atoms with Crippen molar-refractivity contribution in [2.45, 2.75) is 6.42 Å². The Labute approximate surface area is 98.0 Å². The second-order valence-electron chi connectivity index (χ2n) is 3.79. The minimum absolute atomic E-state index is 0.111. The van der Waals surface area contributed by atoms with Crippen LogP contribution >= 0.6 is 0 Å². The molecular weight excluding hydrogens is 221 g/mol. The lowest BCUT2D eigenvalue weighted by atomic mass is 10.1. The molecular formula is C12H14FN3O. The predicted molar refractivity (Wildman–Crippen MR) is 64.0 cm³/mol. The standard InChI is InChI=1S/C12H14FN3O/c13-10-3-1-2-9-8(7-16-12(9)10)6-11(17)15-5-4-14/h1-3,7,16H,4-6,14H2,(H,15,17). The predicted octanol–water partition coefficient (Wildman–Crippen LogP) is 0.924. The van der Waals surface area contributed by atoms with Crippen LogP contribution in [0.5, 0.6) is 0 Å². The zero-order valence-electron chi connectivity index (χ0n) is 9.29. The van der Waals surface area contributed by atoms with E-state index in [0.717, 1.165) is 10.9 Å². The number of fused-ring (bicyclic) bond motifs is 1. The van der Waals surface area contributed by atoms with Crippen LogP contribution in [0.1, 0.15) is 5.56 Å². The van der Waals surface area contributed by atoms with Gasteiger partial charge in [0.25, 0.3) is 0 Å². The third kappa shape index (κ3) is 2.45. The first-order valence-electron chi connectivity index (χ1n) is 5.43. The fourth-order valence-electron chi connectivity index (χ4n) is 1.77. The minimum Gasteiger partial charge on any atom is -0.359 e. The van der Waals surface area contributed by atoms with Crippen LogP contribution in [0.2, 0.25) is 0 Å². The van der Waals surface area contributed by atoms with Gasteiger partial charge in [-0.1, -0.05) is 12.1 Å². The van der Waals surface area contributed by atoms with Crippen LogP contribution < -0.4 is 11.1 Å². The van der Waals surface area contributed by atoms with Crippen molar-refractivity contribution in [3.05, 3.63) is 35.8 Å². The Bertz CT molecular complexity index is 536. The molecule has 0 aliphatic carbocycles. The Balaban J connectivity index is 2.19. The summed E-state index contributed by atoms with van der Waals surface area (Å²) in [4.78, 5) is 14.4. The molecule has 0 aliphatic rings. The third-order valence-corrected chi connectivity index (χ3v) is 2.57. The Morgan fingerprint density at radius 3 is 3.06 bits per heavy atom.